The molecule has 2 aromatic carbocycles. The highest BCUT2D eigenvalue weighted by atomic mass is 32.2. The molecule has 0 radical (unpaired) electrons. The average Bonchev–Trinajstić information content (AvgIpc) is 2.49. The summed E-state index contributed by atoms with van der Waals surface area (Å²) in [5, 5.41) is 0. The van der Waals surface area contributed by atoms with E-state index >= 15 is 0 Å². The van der Waals surface area contributed by atoms with Gasteiger partial charge in [0, 0.05) is 6.54 Å². The Morgan fingerprint density at radius 3 is 2.18 bits per heavy atom. The molecule has 2 rings (SSSR count). The number of sulfonamides is 1. The van der Waals surface area contributed by atoms with Crippen molar-refractivity contribution in [2.24, 2.45) is 0 Å². The second kappa shape index (κ2) is 6.50. The zero-order valence-electron chi connectivity index (χ0n) is 13.3. The lowest BCUT2D eigenvalue weighted by Crippen LogP contribution is -2.24. The summed E-state index contributed by atoms with van der Waals surface area (Å²) < 4.78 is 32.9. The zero-order chi connectivity index (χ0) is 16.3. The Kier molecular flexibility index (Phi) is 4.88. The highest BCUT2D eigenvalue weighted by Crippen LogP contribution is 2.26. The first-order valence-electron chi connectivity index (χ1n) is 7.04. The summed E-state index contributed by atoms with van der Waals surface area (Å²) in [6, 6.07) is 11.0. The fraction of sp³-hybridized carbons (Fsp3) is 0.294. The number of methoxy groups -OCH3 is 1. The first-order valence-corrected chi connectivity index (χ1v) is 8.53. The largest absolute Gasteiger partial charge is 0.496 e. The lowest BCUT2D eigenvalue weighted by molar-refractivity contribution is 0.410. The molecule has 0 aliphatic carbocycles. The molecule has 22 heavy (non-hydrogen) atoms. The summed E-state index contributed by atoms with van der Waals surface area (Å²) in [6.45, 7) is 5.91. The molecule has 0 heterocycles. The van der Waals surface area contributed by atoms with Crippen LogP contribution in [0.3, 0.4) is 0 Å². The molecule has 0 amide bonds. The van der Waals surface area contributed by atoms with Gasteiger partial charge in [-0.1, -0.05) is 29.8 Å². The number of hydrogen-bond donors (Lipinski definition) is 1. The molecule has 0 unspecified atom stereocenters. The van der Waals surface area contributed by atoms with Crippen LogP contribution in [0.25, 0.3) is 0 Å². The smallest absolute Gasteiger partial charge is 0.241 e. The highest BCUT2D eigenvalue weighted by Gasteiger charge is 2.19. The van der Waals surface area contributed by atoms with E-state index in [4.69, 9.17) is 4.74 Å². The van der Waals surface area contributed by atoms with E-state index in [0.717, 1.165) is 16.7 Å². The van der Waals surface area contributed by atoms with Crippen molar-refractivity contribution in [2.45, 2.75) is 32.2 Å². The van der Waals surface area contributed by atoms with Crippen molar-refractivity contribution in [2.75, 3.05) is 7.11 Å². The van der Waals surface area contributed by atoms with Crippen molar-refractivity contribution < 1.29 is 13.2 Å². The van der Waals surface area contributed by atoms with Crippen LogP contribution in [-0.2, 0) is 16.6 Å². The Labute approximate surface area is 132 Å². The Balaban J connectivity index is 2.24. The molecule has 118 valence electrons. The third-order valence-corrected chi connectivity index (χ3v) is 5.33. The lowest BCUT2D eigenvalue weighted by Gasteiger charge is -2.13. The maximum absolute atomic E-state index is 12.5. The minimum atomic E-state index is -3.55. The molecule has 0 aromatic heterocycles. The summed E-state index contributed by atoms with van der Waals surface area (Å²) in [6.07, 6.45) is 0. The average molecular weight is 319 g/mol. The quantitative estimate of drug-likeness (QED) is 0.921. The van der Waals surface area contributed by atoms with Gasteiger partial charge in [-0.3, -0.25) is 0 Å². The molecule has 1 N–H and O–H groups in total. The normalized spacial score (nSPS) is 11.5. The van der Waals surface area contributed by atoms with Gasteiger partial charge in [0.2, 0.25) is 10.0 Å². The monoisotopic (exact) mass is 319 g/mol. The molecule has 2 aromatic rings. The van der Waals surface area contributed by atoms with Crippen LogP contribution in [0.5, 0.6) is 5.75 Å². The van der Waals surface area contributed by atoms with E-state index in [0.29, 0.717) is 11.3 Å². The van der Waals surface area contributed by atoms with E-state index in [1.54, 1.807) is 26.2 Å². The van der Waals surface area contributed by atoms with Crippen LogP contribution in [0.15, 0.2) is 41.3 Å². The molecule has 0 fully saturated rings. The molecular formula is C17H21NO3S. The topological polar surface area (TPSA) is 55.4 Å². The summed E-state index contributed by atoms with van der Waals surface area (Å²) in [5.74, 6) is 0.690. The molecule has 0 spiro atoms. The first kappa shape index (κ1) is 16.5. The van der Waals surface area contributed by atoms with Crippen molar-refractivity contribution in [1.29, 1.82) is 0 Å². The minimum absolute atomic E-state index is 0.271. The maximum atomic E-state index is 12.5. The number of hydrogen-bond acceptors (Lipinski definition) is 3. The molecule has 0 aliphatic heterocycles. The third-order valence-electron chi connectivity index (χ3n) is 3.78. The van der Waals surface area contributed by atoms with E-state index in [-0.39, 0.29) is 11.4 Å². The van der Waals surface area contributed by atoms with Crippen LogP contribution in [0, 0.1) is 20.8 Å². The number of rotatable bonds is 5. The van der Waals surface area contributed by atoms with Gasteiger partial charge in [0.25, 0.3) is 0 Å². The lowest BCUT2D eigenvalue weighted by atomic mass is 10.1. The standard InChI is InChI=1S/C17H21NO3S/c1-12-5-7-15(8-6-12)11-18-22(19,20)17-10-9-16(21-4)13(2)14(17)3/h5-10,18H,11H2,1-4H3. The Morgan fingerprint density at radius 2 is 1.59 bits per heavy atom. The van der Waals surface area contributed by atoms with Gasteiger partial charge < -0.3 is 4.74 Å². The molecule has 5 heteroatoms. The minimum Gasteiger partial charge on any atom is -0.496 e. The third kappa shape index (κ3) is 3.48. The molecular weight excluding hydrogens is 298 g/mol. The van der Waals surface area contributed by atoms with Gasteiger partial charge in [-0.25, -0.2) is 13.1 Å². The van der Waals surface area contributed by atoms with E-state index in [1.165, 1.54) is 0 Å². The van der Waals surface area contributed by atoms with Gasteiger partial charge in [0.1, 0.15) is 5.75 Å². The molecule has 0 bridgehead atoms. The Bertz CT molecular complexity index is 765. The fourth-order valence-corrected chi connectivity index (χ4v) is 3.56. The van der Waals surface area contributed by atoms with Gasteiger partial charge >= 0.3 is 0 Å². The molecule has 0 atom stereocenters. The van der Waals surface area contributed by atoms with Crippen molar-refractivity contribution in [3.05, 3.63) is 58.7 Å². The van der Waals surface area contributed by atoms with Crippen LogP contribution in [0.2, 0.25) is 0 Å². The molecule has 4 nitrogen and oxygen atoms in total. The summed E-state index contributed by atoms with van der Waals surface area (Å²) in [4.78, 5) is 0.290. The molecule has 0 saturated heterocycles. The Morgan fingerprint density at radius 1 is 0.955 bits per heavy atom. The highest BCUT2D eigenvalue weighted by molar-refractivity contribution is 7.89. The second-order valence-corrected chi connectivity index (χ2v) is 7.06. The van der Waals surface area contributed by atoms with E-state index in [1.807, 2.05) is 38.1 Å². The SMILES string of the molecule is COc1ccc(S(=O)(=O)NCc2ccc(C)cc2)c(C)c1C. The van der Waals surface area contributed by atoms with Gasteiger partial charge in [-0.2, -0.15) is 0 Å². The molecule has 0 aliphatic rings. The van der Waals surface area contributed by atoms with Crippen LogP contribution in [-0.4, -0.2) is 15.5 Å². The van der Waals surface area contributed by atoms with E-state index < -0.39 is 10.0 Å². The van der Waals surface area contributed by atoms with Gasteiger partial charge in [-0.15, -0.1) is 0 Å². The maximum Gasteiger partial charge on any atom is 0.241 e. The number of ether oxygens (including phenoxy) is 1. The van der Waals surface area contributed by atoms with Gasteiger partial charge in [0.15, 0.2) is 0 Å². The number of benzene rings is 2. The van der Waals surface area contributed by atoms with Crippen LogP contribution < -0.4 is 9.46 Å². The molecule has 0 saturated carbocycles. The van der Waals surface area contributed by atoms with Gasteiger partial charge in [0.05, 0.1) is 12.0 Å². The second-order valence-electron chi connectivity index (χ2n) is 5.33. The summed E-state index contributed by atoms with van der Waals surface area (Å²) in [7, 11) is -1.98. The zero-order valence-corrected chi connectivity index (χ0v) is 14.1. The van der Waals surface area contributed by atoms with Crippen LogP contribution in [0.1, 0.15) is 22.3 Å². The summed E-state index contributed by atoms with van der Waals surface area (Å²) >= 11 is 0. The van der Waals surface area contributed by atoms with Crippen molar-refractivity contribution in [1.82, 2.24) is 4.72 Å². The Hall–Kier alpha value is -1.85. The predicted molar refractivity (Wildman–Crippen MR) is 87.7 cm³/mol. The predicted octanol–water partition coefficient (Wildman–Crippen LogP) is 3.10. The fourth-order valence-electron chi connectivity index (χ4n) is 2.25. The first-order chi connectivity index (χ1) is 10.3. The van der Waals surface area contributed by atoms with E-state index in [2.05, 4.69) is 4.72 Å². The number of nitrogens with one attached hydrogen (secondary N) is 1. The van der Waals surface area contributed by atoms with Crippen molar-refractivity contribution >= 4 is 10.0 Å². The van der Waals surface area contributed by atoms with Gasteiger partial charge in [-0.05, 0) is 49.6 Å². The number of aryl methyl sites for hydroxylation is 1. The van der Waals surface area contributed by atoms with E-state index in [9.17, 15) is 8.42 Å². The van der Waals surface area contributed by atoms with Crippen molar-refractivity contribution in [3.8, 4) is 5.75 Å². The summed E-state index contributed by atoms with van der Waals surface area (Å²) in [5.41, 5.74) is 3.61. The van der Waals surface area contributed by atoms with Crippen molar-refractivity contribution in [3.63, 3.8) is 0 Å². The van der Waals surface area contributed by atoms with Crippen LogP contribution in [0.4, 0.5) is 0 Å². The van der Waals surface area contributed by atoms with Crippen LogP contribution >= 0.6 is 0 Å².